The van der Waals surface area contributed by atoms with E-state index in [9.17, 15) is 9.90 Å². The maximum atomic E-state index is 12.5. The number of oxazole rings is 1. The lowest BCUT2D eigenvalue weighted by Gasteiger charge is -2.17. The Morgan fingerprint density at radius 1 is 1.19 bits per heavy atom. The van der Waals surface area contributed by atoms with Gasteiger partial charge in [0.25, 0.3) is 0 Å². The molecular weight excluding hydrogens is 328 g/mol. The molecule has 26 heavy (non-hydrogen) atoms. The number of rotatable bonds is 4. The molecule has 0 saturated heterocycles. The number of aromatic nitrogens is 1. The Balaban J connectivity index is 1.48. The van der Waals surface area contributed by atoms with E-state index in [1.165, 1.54) is 0 Å². The third kappa shape index (κ3) is 3.13. The molecule has 5 nitrogen and oxygen atoms in total. The van der Waals surface area contributed by atoms with Gasteiger partial charge in [-0.05, 0) is 30.2 Å². The van der Waals surface area contributed by atoms with Gasteiger partial charge in [0.05, 0.1) is 24.3 Å². The van der Waals surface area contributed by atoms with E-state index in [0.29, 0.717) is 23.8 Å². The van der Waals surface area contributed by atoms with Crippen molar-refractivity contribution in [2.45, 2.75) is 31.9 Å². The number of carbonyl (C=O) groups excluding carboxylic acids is 1. The van der Waals surface area contributed by atoms with Crippen molar-refractivity contribution in [2.75, 3.05) is 0 Å². The largest absolute Gasteiger partial charge is 0.441 e. The van der Waals surface area contributed by atoms with Gasteiger partial charge in [-0.2, -0.15) is 0 Å². The number of hydrogen-bond donors (Lipinski definition) is 2. The normalized spacial score (nSPS) is 18.5. The van der Waals surface area contributed by atoms with Crippen molar-refractivity contribution in [3.8, 4) is 11.5 Å². The van der Waals surface area contributed by atoms with Crippen LogP contribution in [-0.2, 0) is 17.6 Å². The minimum absolute atomic E-state index is 0.119. The van der Waals surface area contributed by atoms with E-state index in [0.717, 1.165) is 16.7 Å². The first-order valence-electron chi connectivity index (χ1n) is 8.69. The van der Waals surface area contributed by atoms with Crippen molar-refractivity contribution in [3.05, 3.63) is 77.2 Å². The summed E-state index contributed by atoms with van der Waals surface area (Å²) in [6.07, 6.45) is 0.0742. The van der Waals surface area contributed by atoms with Crippen molar-refractivity contribution in [1.82, 2.24) is 10.3 Å². The summed E-state index contributed by atoms with van der Waals surface area (Å²) in [6, 6.07) is 17.0. The lowest BCUT2D eigenvalue weighted by Crippen LogP contribution is -2.35. The molecule has 1 amide bonds. The standard InChI is InChI=1S/C21H20N2O3/c1-13-17(22-21(26-13)14-7-3-2-4-8-14)12-19(25)23-20-16-10-6-5-9-15(16)11-18(20)24/h2-10,18,20,24H,11-12H2,1H3,(H,23,25)/t18-,20+/m1/s1. The monoisotopic (exact) mass is 348 g/mol. The Morgan fingerprint density at radius 3 is 2.73 bits per heavy atom. The van der Waals surface area contributed by atoms with Crippen molar-refractivity contribution < 1.29 is 14.3 Å². The molecule has 2 N–H and O–H groups in total. The number of amides is 1. The summed E-state index contributed by atoms with van der Waals surface area (Å²) >= 11 is 0. The summed E-state index contributed by atoms with van der Waals surface area (Å²) < 4.78 is 5.71. The number of hydrogen-bond acceptors (Lipinski definition) is 4. The van der Waals surface area contributed by atoms with Crippen LogP contribution < -0.4 is 5.32 Å². The molecule has 1 aliphatic rings. The lowest BCUT2D eigenvalue weighted by molar-refractivity contribution is -0.122. The van der Waals surface area contributed by atoms with Gasteiger partial charge in [-0.3, -0.25) is 4.79 Å². The zero-order valence-electron chi connectivity index (χ0n) is 14.5. The Kier molecular flexibility index (Phi) is 4.31. The van der Waals surface area contributed by atoms with Crippen molar-refractivity contribution >= 4 is 5.91 Å². The van der Waals surface area contributed by atoms with Crippen LogP contribution in [0, 0.1) is 6.92 Å². The molecule has 5 heteroatoms. The summed E-state index contributed by atoms with van der Waals surface area (Å²) in [5, 5.41) is 13.2. The highest BCUT2D eigenvalue weighted by atomic mass is 16.4. The first kappa shape index (κ1) is 16.5. The maximum absolute atomic E-state index is 12.5. The Morgan fingerprint density at radius 2 is 1.92 bits per heavy atom. The molecule has 3 aromatic rings. The molecule has 4 rings (SSSR count). The van der Waals surface area contributed by atoms with E-state index in [1.54, 1.807) is 0 Å². The first-order valence-corrected chi connectivity index (χ1v) is 8.69. The highest BCUT2D eigenvalue weighted by Gasteiger charge is 2.32. The predicted molar refractivity (Wildman–Crippen MR) is 97.4 cm³/mol. The van der Waals surface area contributed by atoms with E-state index < -0.39 is 6.10 Å². The predicted octanol–water partition coefficient (Wildman–Crippen LogP) is 2.97. The van der Waals surface area contributed by atoms with Gasteiger partial charge in [0.2, 0.25) is 11.8 Å². The summed E-state index contributed by atoms with van der Waals surface area (Å²) in [5.74, 6) is 0.963. The zero-order valence-corrected chi connectivity index (χ0v) is 14.5. The molecule has 0 radical (unpaired) electrons. The van der Waals surface area contributed by atoms with Crippen LogP contribution in [0.2, 0.25) is 0 Å². The van der Waals surface area contributed by atoms with Crippen molar-refractivity contribution in [3.63, 3.8) is 0 Å². The van der Waals surface area contributed by atoms with Gasteiger partial charge in [0, 0.05) is 12.0 Å². The van der Waals surface area contributed by atoms with Gasteiger partial charge in [0.15, 0.2) is 0 Å². The molecule has 1 aromatic heterocycles. The van der Waals surface area contributed by atoms with E-state index in [2.05, 4.69) is 10.3 Å². The van der Waals surface area contributed by atoms with E-state index >= 15 is 0 Å². The molecule has 0 spiro atoms. The quantitative estimate of drug-likeness (QED) is 0.760. The topological polar surface area (TPSA) is 75.4 Å². The minimum Gasteiger partial charge on any atom is -0.441 e. The first-order chi connectivity index (χ1) is 12.6. The number of fused-ring (bicyclic) bond motifs is 1. The molecule has 0 aliphatic heterocycles. The van der Waals surface area contributed by atoms with E-state index in [4.69, 9.17) is 4.42 Å². The number of carbonyl (C=O) groups is 1. The minimum atomic E-state index is -0.602. The highest BCUT2D eigenvalue weighted by molar-refractivity contribution is 5.79. The number of aliphatic hydroxyl groups excluding tert-OH is 1. The second-order valence-electron chi connectivity index (χ2n) is 6.58. The Bertz CT molecular complexity index is 933. The average Bonchev–Trinajstić information content (AvgIpc) is 3.16. The van der Waals surface area contributed by atoms with Gasteiger partial charge in [-0.1, -0.05) is 42.5 Å². The molecule has 0 fully saturated rings. The van der Waals surface area contributed by atoms with Crippen LogP contribution in [0.15, 0.2) is 59.0 Å². The number of nitrogens with zero attached hydrogens (tertiary/aromatic N) is 1. The van der Waals surface area contributed by atoms with E-state index in [-0.39, 0.29) is 18.4 Å². The molecule has 1 aliphatic carbocycles. The molecule has 132 valence electrons. The smallest absolute Gasteiger partial charge is 0.226 e. The van der Waals surface area contributed by atoms with Crippen LogP contribution in [0.25, 0.3) is 11.5 Å². The van der Waals surface area contributed by atoms with Gasteiger partial charge in [-0.25, -0.2) is 4.98 Å². The van der Waals surface area contributed by atoms with Crippen molar-refractivity contribution in [2.24, 2.45) is 0 Å². The number of benzene rings is 2. The molecule has 0 bridgehead atoms. The molecule has 1 heterocycles. The van der Waals surface area contributed by atoms with Crippen LogP contribution in [0.1, 0.15) is 28.6 Å². The van der Waals surface area contributed by atoms with Crippen molar-refractivity contribution in [1.29, 1.82) is 0 Å². The van der Waals surface area contributed by atoms with Gasteiger partial charge in [0.1, 0.15) is 5.76 Å². The molecule has 2 aromatic carbocycles. The summed E-state index contributed by atoms with van der Waals surface area (Å²) in [4.78, 5) is 17.0. The van der Waals surface area contributed by atoms with Crippen LogP contribution >= 0.6 is 0 Å². The molecule has 2 atom stereocenters. The fourth-order valence-electron chi connectivity index (χ4n) is 3.42. The number of aliphatic hydroxyl groups is 1. The summed E-state index contributed by atoms with van der Waals surface area (Å²) in [7, 11) is 0. The van der Waals surface area contributed by atoms with Crippen LogP contribution in [0.4, 0.5) is 0 Å². The van der Waals surface area contributed by atoms with Gasteiger partial charge in [-0.15, -0.1) is 0 Å². The van der Waals surface area contributed by atoms with Crippen LogP contribution in [0.5, 0.6) is 0 Å². The number of aryl methyl sites for hydroxylation is 1. The van der Waals surface area contributed by atoms with Gasteiger partial charge >= 0.3 is 0 Å². The van der Waals surface area contributed by atoms with Crippen LogP contribution in [0.3, 0.4) is 0 Å². The lowest BCUT2D eigenvalue weighted by atomic mass is 10.1. The highest BCUT2D eigenvalue weighted by Crippen LogP contribution is 2.31. The average molecular weight is 348 g/mol. The SMILES string of the molecule is Cc1oc(-c2ccccc2)nc1CC(=O)N[C@H]1c2ccccc2C[C@H]1O. The third-order valence-electron chi connectivity index (χ3n) is 4.76. The maximum Gasteiger partial charge on any atom is 0.226 e. The fraction of sp³-hybridized carbons (Fsp3) is 0.238. The Labute approximate surface area is 151 Å². The Hall–Kier alpha value is -2.92. The third-order valence-corrected chi connectivity index (χ3v) is 4.76. The van der Waals surface area contributed by atoms with E-state index in [1.807, 2.05) is 61.5 Å². The second kappa shape index (κ2) is 6.77. The van der Waals surface area contributed by atoms with Gasteiger partial charge < -0.3 is 14.8 Å². The second-order valence-corrected chi connectivity index (χ2v) is 6.58. The summed E-state index contributed by atoms with van der Waals surface area (Å²) in [6.45, 7) is 1.81. The summed E-state index contributed by atoms with van der Waals surface area (Å²) in [5.41, 5.74) is 3.55. The molecular formula is C21H20N2O3. The van der Waals surface area contributed by atoms with Crippen LogP contribution in [-0.4, -0.2) is 22.1 Å². The molecule has 0 unspecified atom stereocenters. The molecule has 0 saturated carbocycles. The number of nitrogens with one attached hydrogen (secondary N) is 1. The fourth-order valence-corrected chi connectivity index (χ4v) is 3.42. The zero-order chi connectivity index (χ0) is 18.1.